The van der Waals surface area contributed by atoms with Crippen molar-refractivity contribution >= 4 is 17.7 Å². The Morgan fingerprint density at radius 3 is 2.28 bits per heavy atom. The average Bonchev–Trinajstić information content (AvgIpc) is 3.10. The summed E-state index contributed by atoms with van der Waals surface area (Å²) in [6, 6.07) is 9.79. The van der Waals surface area contributed by atoms with E-state index >= 15 is 0 Å². The number of hydrogen-bond donors (Lipinski definition) is 1. The molecule has 2 heterocycles. The zero-order valence-corrected chi connectivity index (χ0v) is 17.1. The molecule has 8 heteroatoms. The summed E-state index contributed by atoms with van der Waals surface area (Å²) in [6.07, 6.45) is 0.226. The molecule has 3 amide bonds. The second kappa shape index (κ2) is 8.89. The molecule has 29 heavy (non-hydrogen) atoms. The molecule has 1 aliphatic heterocycles. The third kappa shape index (κ3) is 5.01. The Morgan fingerprint density at radius 2 is 1.66 bits per heavy atom. The van der Waals surface area contributed by atoms with Crippen molar-refractivity contribution in [1.82, 2.24) is 24.9 Å². The standard InChI is InChI=1S/C21H27N5O3/c1-15-4-6-17(7-5-15)19-14-18(23-24(19)3)21(29)22-9-8-20(28)26-12-10-25(11-13-26)16(2)27/h4-7,14H,8-13H2,1-3H3,(H,22,29). The van der Waals surface area contributed by atoms with Crippen LogP contribution in [0.15, 0.2) is 30.3 Å². The number of nitrogens with zero attached hydrogens (tertiary/aromatic N) is 4. The van der Waals surface area contributed by atoms with Crippen LogP contribution in [0.4, 0.5) is 0 Å². The van der Waals surface area contributed by atoms with E-state index in [2.05, 4.69) is 10.4 Å². The maximum Gasteiger partial charge on any atom is 0.271 e. The Hall–Kier alpha value is -3.16. The number of rotatable bonds is 5. The van der Waals surface area contributed by atoms with Gasteiger partial charge in [-0.05, 0) is 18.6 Å². The summed E-state index contributed by atoms with van der Waals surface area (Å²) in [5, 5.41) is 7.06. The lowest BCUT2D eigenvalue weighted by atomic mass is 10.1. The summed E-state index contributed by atoms with van der Waals surface area (Å²) in [7, 11) is 1.80. The molecule has 1 aromatic heterocycles. The van der Waals surface area contributed by atoms with Crippen LogP contribution in [0, 0.1) is 6.92 Å². The second-order valence-corrected chi connectivity index (χ2v) is 7.30. The first-order valence-electron chi connectivity index (χ1n) is 9.77. The van der Waals surface area contributed by atoms with Crippen molar-refractivity contribution in [3.05, 3.63) is 41.6 Å². The van der Waals surface area contributed by atoms with Crippen LogP contribution in [0.5, 0.6) is 0 Å². The maximum absolute atomic E-state index is 12.4. The molecule has 154 valence electrons. The molecular weight excluding hydrogens is 370 g/mol. The van der Waals surface area contributed by atoms with E-state index < -0.39 is 0 Å². The molecule has 1 saturated heterocycles. The molecule has 0 bridgehead atoms. The van der Waals surface area contributed by atoms with Crippen molar-refractivity contribution in [2.45, 2.75) is 20.3 Å². The molecule has 0 atom stereocenters. The predicted molar refractivity (Wildman–Crippen MR) is 109 cm³/mol. The predicted octanol–water partition coefficient (Wildman–Crippen LogP) is 1.21. The first-order valence-corrected chi connectivity index (χ1v) is 9.77. The monoisotopic (exact) mass is 397 g/mol. The van der Waals surface area contributed by atoms with Gasteiger partial charge in [-0.25, -0.2) is 0 Å². The molecule has 3 rings (SSSR count). The Labute approximate surface area is 170 Å². The van der Waals surface area contributed by atoms with E-state index in [0.29, 0.717) is 31.9 Å². The number of carbonyl (C=O) groups is 3. The summed E-state index contributed by atoms with van der Waals surface area (Å²) in [6.45, 7) is 6.00. The van der Waals surface area contributed by atoms with Gasteiger partial charge < -0.3 is 15.1 Å². The molecule has 8 nitrogen and oxygen atoms in total. The Morgan fingerprint density at radius 1 is 1.03 bits per heavy atom. The molecule has 0 saturated carbocycles. The second-order valence-electron chi connectivity index (χ2n) is 7.30. The minimum Gasteiger partial charge on any atom is -0.350 e. The lowest BCUT2D eigenvalue weighted by Crippen LogP contribution is -2.50. The van der Waals surface area contributed by atoms with Crippen LogP contribution in [-0.4, -0.2) is 70.0 Å². The SMILES string of the molecule is CC(=O)N1CCN(C(=O)CCNC(=O)c2cc(-c3ccc(C)cc3)n(C)n2)CC1. The number of aryl methyl sites for hydroxylation is 2. The summed E-state index contributed by atoms with van der Waals surface area (Å²) in [5.74, 6) is -0.284. The minimum absolute atomic E-state index is 0.0186. The molecule has 1 aromatic carbocycles. The van der Waals surface area contributed by atoms with Crippen LogP contribution in [-0.2, 0) is 16.6 Å². The first kappa shape index (κ1) is 20.6. The van der Waals surface area contributed by atoms with Crippen LogP contribution in [0.1, 0.15) is 29.4 Å². The number of nitrogens with one attached hydrogen (secondary N) is 1. The molecule has 0 radical (unpaired) electrons. The van der Waals surface area contributed by atoms with E-state index in [-0.39, 0.29) is 30.7 Å². The highest BCUT2D eigenvalue weighted by atomic mass is 16.2. The molecule has 1 N–H and O–H groups in total. The van der Waals surface area contributed by atoms with Gasteiger partial charge in [0.15, 0.2) is 5.69 Å². The zero-order chi connectivity index (χ0) is 21.0. The summed E-state index contributed by atoms with van der Waals surface area (Å²) in [5.41, 5.74) is 3.34. The van der Waals surface area contributed by atoms with Crippen molar-refractivity contribution in [3.8, 4) is 11.3 Å². The summed E-state index contributed by atoms with van der Waals surface area (Å²) < 4.78 is 1.68. The number of benzene rings is 1. The third-order valence-electron chi connectivity index (χ3n) is 5.16. The van der Waals surface area contributed by atoms with Gasteiger partial charge in [0, 0.05) is 53.1 Å². The molecule has 2 aromatic rings. The Balaban J connectivity index is 1.50. The molecule has 0 unspecified atom stereocenters. The van der Waals surface area contributed by atoms with Gasteiger partial charge in [0.05, 0.1) is 5.69 Å². The van der Waals surface area contributed by atoms with Crippen LogP contribution >= 0.6 is 0 Å². The smallest absolute Gasteiger partial charge is 0.271 e. The van der Waals surface area contributed by atoms with E-state index in [4.69, 9.17) is 0 Å². The van der Waals surface area contributed by atoms with Gasteiger partial charge in [-0.1, -0.05) is 29.8 Å². The average molecular weight is 397 g/mol. The fourth-order valence-corrected chi connectivity index (χ4v) is 3.38. The quantitative estimate of drug-likeness (QED) is 0.821. The molecule has 1 fully saturated rings. The number of piperazine rings is 1. The largest absolute Gasteiger partial charge is 0.350 e. The van der Waals surface area contributed by atoms with E-state index in [1.807, 2.05) is 31.2 Å². The van der Waals surface area contributed by atoms with E-state index in [1.54, 1.807) is 27.6 Å². The Kier molecular flexibility index (Phi) is 6.31. The van der Waals surface area contributed by atoms with Gasteiger partial charge in [-0.15, -0.1) is 0 Å². The van der Waals surface area contributed by atoms with Crippen LogP contribution < -0.4 is 5.32 Å². The van der Waals surface area contributed by atoms with Crippen molar-refractivity contribution in [3.63, 3.8) is 0 Å². The van der Waals surface area contributed by atoms with Gasteiger partial charge in [-0.3, -0.25) is 19.1 Å². The first-order chi connectivity index (χ1) is 13.8. The molecular formula is C21H27N5O3. The van der Waals surface area contributed by atoms with Crippen LogP contribution in [0.25, 0.3) is 11.3 Å². The topological polar surface area (TPSA) is 87.5 Å². The minimum atomic E-state index is -0.298. The molecule has 0 aliphatic carbocycles. The number of carbonyl (C=O) groups excluding carboxylic acids is 3. The van der Waals surface area contributed by atoms with Gasteiger partial charge in [0.25, 0.3) is 5.91 Å². The number of hydrogen-bond acceptors (Lipinski definition) is 4. The molecule has 0 spiro atoms. The fourth-order valence-electron chi connectivity index (χ4n) is 3.38. The van der Waals surface area contributed by atoms with Crippen molar-refractivity contribution < 1.29 is 14.4 Å². The van der Waals surface area contributed by atoms with Crippen molar-refractivity contribution in [2.75, 3.05) is 32.7 Å². The van der Waals surface area contributed by atoms with Gasteiger partial charge in [0.2, 0.25) is 11.8 Å². The fraction of sp³-hybridized carbons (Fsp3) is 0.429. The highest BCUT2D eigenvalue weighted by Gasteiger charge is 2.22. The van der Waals surface area contributed by atoms with E-state index in [9.17, 15) is 14.4 Å². The summed E-state index contributed by atoms with van der Waals surface area (Å²) >= 11 is 0. The number of amides is 3. The maximum atomic E-state index is 12.4. The zero-order valence-electron chi connectivity index (χ0n) is 17.1. The van der Waals surface area contributed by atoms with Crippen LogP contribution in [0.2, 0.25) is 0 Å². The number of aromatic nitrogens is 2. The van der Waals surface area contributed by atoms with Gasteiger partial charge in [0.1, 0.15) is 0 Å². The molecule has 1 aliphatic rings. The van der Waals surface area contributed by atoms with E-state index in [1.165, 1.54) is 12.5 Å². The van der Waals surface area contributed by atoms with Crippen molar-refractivity contribution in [1.29, 1.82) is 0 Å². The van der Waals surface area contributed by atoms with Gasteiger partial charge in [-0.2, -0.15) is 5.10 Å². The normalized spacial score (nSPS) is 14.0. The summed E-state index contributed by atoms with van der Waals surface area (Å²) in [4.78, 5) is 39.6. The highest BCUT2D eigenvalue weighted by Crippen LogP contribution is 2.20. The highest BCUT2D eigenvalue weighted by molar-refractivity contribution is 5.93. The Bertz CT molecular complexity index is 896. The van der Waals surface area contributed by atoms with Gasteiger partial charge >= 0.3 is 0 Å². The lowest BCUT2D eigenvalue weighted by Gasteiger charge is -2.34. The van der Waals surface area contributed by atoms with E-state index in [0.717, 1.165) is 11.3 Å². The van der Waals surface area contributed by atoms with Crippen molar-refractivity contribution in [2.24, 2.45) is 7.05 Å². The lowest BCUT2D eigenvalue weighted by molar-refractivity contribution is -0.138. The van der Waals surface area contributed by atoms with Crippen LogP contribution in [0.3, 0.4) is 0 Å². The third-order valence-corrected chi connectivity index (χ3v) is 5.16.